The number of carbonyl (C=O) groups is 1. The summed E-state index contributed by atoms with van der Waals surface area (Å²) in [5, 5.41) is 6.04. The van der Waals surface area contributed by atoms with Crippen LogP contribution in [0.1, 0.15) is 10.4 Å². The molecule has 1 amide bonds. The molecule has 30 heavy (non-hydrogen) atoms. The molecule has 0 atom stereocenters. The second kappa shape index (κ2) is 9.25. The molecule has 3 rings (SSSR count). The first-order chi connectivity index (χ1) is 14.3. The third kappa shape index (κ3) is 5.15. The monoisotopic (exact) mass is 459 g/mol. The second-order valence-corrected chi connectivity index (χ2v) is 9.06. The number of thiocarbonyl (C=S) groups is 1. The summed E-state index contributed by atoms with van der Waals surface area (Å²) in [6.07, 6.45) is 0. The largest absolute Gasteiger partial charge is 0.332 e. The Morgan fingerprint density at radius 3 is 2.13 bits per heavy atom. The molecule has 2 N–H and O–H groups in total. The number of halogens is 1. The SMILES string of the molecule is CN(c1ccccc1)S(=O)(=O)c1ccc(NC(=S)NC(=O)c2ccc(Cl)cc2)cc1. The van der Waals surface area contributed by atoms with Crippen molar-refractivity contribution in [3.8, 4) is 0 Å². The smallest absolute Gasteiger partial charge is 0.264 e. The molecule has 0 aliphatic rings. The molecule has 0 aliphatic carbocycles. The lowest BCUT2D eigenvalue weighted by molar-refractivity contribution is 0.0977. The third-order valence-corrected chi connectivity index (χ3v) is 6.48. The summed E-state index contributed by atoms with van der Waals surface area (Å²) in [6, 6.07) is 21.3. The molecule has 0 spiro atoms. The Hall–Kier alpha value is -2.94. The van der Waals surface area contributed by atoms with Gasteiger partial charge >= 0.3 is 0 Å². The van der Waals surface area contributed by atoms with Crippen LogP contribution in [0.2, 0.25) is 5.02 Å². The van der Waals surface area contributed by atoms with E-state index in [9.17, 15) is 13.2 Å². The van der Waals surface area contributed by atoms with Crippen molar-refractivity contribution in [2.24, 2.45) is 0 Å². The number of nitrogens with zero attached hydrogens (tertiary/aromatic N) is 1. The number of benzene rings is 3. The van der Waals surface area contributed by atoms with E-state index in [0.29, 0.717) is 22.0 Å². The highest BCUT2D eigenvalue weighted by Crippen LogP contribution is 2.22. The standard InChI is InChI=1S/C21H18ClN3O3S2/c1-25(18-5-3-2-4-6-18)30(27,28)19-13-11-17(12-14-19)23-21(29)24-20(26)15-7-9-16(22)10-8-15/h2-14H,1H3,(H2,23,24,26,29). The van der Waals surface area contributed by atoms with Gasteiger partial charge in [0, 0.05) is 23.3 Å². The van der Waals surface area contributed by atoms with Crippen LogP contribution in [0.3, 0.4) is 0 Å². The molecule has 3 aromatic rings. The maximum absolute atomic E-state index is 12.8. The van der Waals surface area contributed by atoms with Gasteiger partial charge in [-0.1, -0.05) is 29.8 Å². The summed E-state index contributed by atoms with van der Waals surface area (Å²) in [6.45, 7) is 0. The van der Waals surface area contributed by atoms with Gasteiger partial charge in [-0.2, -0.15) is 0 Å². The van der Waals surface area contributed by atoms with Gasteiger partial charge < -0.3 is 5.32 Å². The molecule has 0 unspecified atom stereocenters. The zero-order chi connectivity index (χ0) is 21.7. The number of para-hydroxylation sites is 1. The first-order valence-electron chi connectivity index (χ1n) is 8.79. The van der Waals surface area contributed by atoms with E-state index >= 15 is 0 Å². The molecule has 0 radical (unpaired) electrons. The van der Waals surface area contributed by atoms with Crippen LogP contribution < -0.4 is 14.9 Å². The van der Waals surface area contributed by atoms with Gasteiger partial charge in [0.15, 0.2) is 5.11 Å². The lowest BCUT2D eigenvalue weighted by Crippen LogP contribution is -2.34. The van der Waals surface area contributed by atoms with Crippen molar-refractivity contribution in [2.75, 3.05) is 16.7 Å². The minimum absolute atomic E-state index is 0.0898. The Labute approximate surface area is 185 Å². The fourth-order valence-corrected chi connectivity index (χ4v) is 4.12. The average molecular weight is 460 g/mol. The van der Waals surface area contributed by atoms with E-state index in [-0.39, 0.29) is 15.9 Å². The number of sulfonamides is 1. The minimum Gasteiger partial charge on any atom is -0.332 e. The number of hydrogen-bond donors (Lipinski definition) is 2. The Morgan fingerprint density at radius 1 is 0.933 bits per heavy atom. The van der Waals surface area contributed by atoms with E-state index in [1.54, 1.807) is 60.7 Å². The van der Waals surface area contributed by atoms with Gasteiger partial charge in [0.05, 0.1) is 10.6 Å². The average Bonchev–Trinajstić information content (AvgIpc) is 2.74. The molecule has 6 nitrogen and oxygen atoms in total. The third-order valence-electron chi connectivity index (χ3n) is 4.22. The van der Waals surface area contributed by atoms with Crippen LogP contribution in [0.4, 0.5) is 11.4 Å². The van der Waals surface area contributed by atoms with Crippen molar-refractivity contribution < 1.29 is 13.2 Å². The molecular weight excluding hydrogens is 442 g/mol. The van der Waals surface area contributed by atoms with Gasteiger partial charge in [-0.3, -0.25) is 14.4 Å². The van der Waals surface area contributed by atoms with Gasteiger partial charge in [0.2, 0.25) is 0 Å². The van der Waals surface area contributed by atoms with Crippen LogP contribution in [-0.4, -0.2) is 26.5 Å². The highest BCUT2D eigenvalue weighted by molar-refractivity contribution is 7.92. The van der Waals surface area contributed by atoms with Crippen LogP contribution in [0.5, 0.6) is 0 Å². The molecule has 0 saturated carbocycles. The molecule has 154 valence electrons. The number of anilines is 2. The van der Waals surface area contributed by atoms with E-state index in [1.807, 2.05) is 6.07 Å². The number of hydrogen-bond acceptors (Lipinski definition) is 4. The maximum atomic E-state index is 12.8. The van der Waals surface area contributed by atoms with Crippen molar-refractivity contribution in [3.05, 3.63) is 89.4 Å². The van der Waals surface area contributed by atoms with Crippen LogP contribution in [0.25, 0.3) is 0 Å². The highest BCUT2D eigenvalue weighted by atomic mass is 35.5. The summed E-state index contributed by atoms with van der Waals surface area (Å²) < 4.78 is 26.8. The van der Waals surface area contributed by atoms with E-state index in [1.165, 1.54) is 23.5 Å². The van der Waals surface area contributed by atoms with Gasteiger partial charge in [0.25, 0.3) is 15.9 Å². The second-order valence-electron chi connectivity index (χ2n) is 6.25. The summed E-state index contributed by atoms with van der Waals surface area (Å²) in [5.41, 5.74) is 1.51. The van der Waals surface area contributed by atoms with Gasteiger partial charge in [0.1, 0.15) is 0 Å². The van der Waals surface area contributed by atoms with E-state index in [0.717, 1.165) is 0 Å². The first-order valence-corrected chi connectivity index (χ1v) is 11.0. The zero-order valence-electron chi connectivity index (χ0n) is 15.9. The maximum Gasteiger partial charge on any atom is 0.264 e. The molecule has 9 heteroatoms. The fourth-order valence-electron chi connectivity index (χ4n) is 2.58. The molecule has 0 heterocycles. The van der Waals surface area contributed by atoms with E-state index < -0.39 is 10.0 Å². The van der Waals surface area contributed by atoms with Crippen LogP contribution >= 0.6 is 23.8 Å². The Morgan fingerprint density at radius 2 is 1.53 bits per heavy atom. The molecule has 0 fully saturated rings. The molecule has 0 aromatic heterocycles. The normalized spacial score (nSPS) is 10.9. The van der Waals surface area contributed by atoms with Gasteiger partial charge in [-0.05, 0) is 72.9 Å². The number of carbonyl (C=O) groups excluding carboxylic acids is 1. The molecular formula is C21H18ClN3O3S2. The van der Waals surface area contributed by atoms with Crippen molar-refractivity contribution >= 4 is 56.2 Å². The van der Waals surface area contributed by atoms with Gasteiger partial charge in [-0.15, -0.1) is 0 Å². The Bertz CT molecular complexity index is 1150. The van der Waals surface area contributed by atoms with Crippen molar-refractivity contribution in [1.82, 2.24) is 5.32 Å². The lowest BCUT2D eigenvalue weighted by atomic mass is 10.2. The predicted octanol–water partition coefficient (Wildman–Crippen LogP) is 4.29. The summed E-state index contributed by atoms with van der Waals surface area (Å²) in [7, 11) is -2.21. The van der Waals surface area contributed by atoms with Gasteiger partial charge in [-0.25, -0.2) is 8.42 Å². The summed E-state index contributed by atoms with van der Waals surface area (Å²) >= 11 is 11.0. The quantitative estimate of drug-likeness (QED) is 0.556. The van der Waals surface area contributed by atoms with E-state index in [2.05, 4.69) is 10.6 Å². The number of nitrogens with one attached hydrogen (secondary N) is 2. The molecule has 0 aliphatic heterocycles. The van der Waals surface area contributed by atoms with Crippen LogP contribution in [-0.2, 0) is 10.0 Å². The minimum atomic E-state index is -3.70. The molecule has 0 saturated heterocycles. The first kappa shape index (κ1) is 21.8. The summed E-state index contributed by atoms with van der Waals surface area (Å²) in [5.74, 6) is -0.382. The van der Waals surface area contributed by atoms with Crippen molar-refractivity contribution in [1.29, 1.82) is 0 Å². The topological polar surface area (TPSA) is 78.5 Å². The van der Waals surface area contributed by atoms with Crippen molar-refractivity contribution in [3.63, 3.8) is 0 Å². The van der Waals surface area contributed by atoms with Crippen LogP contribution in [0, 0.1) is 0 Å². The zero-order valence-corrected chi connectivity index (χ0v) is 18.3. The van der Waals surface area contributed by atoms with Crippen molar-refractivity contribution in [2.45, 2.75) is 4.90 Å². The Kier molecular flexibility index (Phi) is 6.71. The lowest BCUT2D eigenvalue weighted by Gasteiger charge is -2.19. The fraction of sp³-hybridized carbons (Fsp3) is 0.0476. The Balaban J connectivity index is 1.66. The predicted molar refractivity (Wildman–Crippen MR) is 124 cm³/mol. The number of rotatable bonds is 5. The number of amides is 1. The molecule has 0 bridgehead atoms. The van der Waals surface area contributed by atoms with Crippen LogP contribution in [0.15, 0.2) is 83.8 Å². The summed E-state index contributed by atoms with van der Waals surface area (Å²) in [4.78, 5) is 12.3. The van der Waals surface area contributed by atoms with E-state index in [4.69, 9.17) is 23.8 Å². The molecule has 3 aromatic carbocycles. The highest BCUT2D eigenvalue weighted by Gasteiger charge is 2.21.